The quantitative estimate of drug-likeness (QED) is 0.624. The monoisotopic (exact) mass is 372 g/mol. The molecule has 0 fully saturated rings. The van der Waals surface area contributed by atoms with Crippen molar-refractivity contribution in [2.75, 3.05) is 18.5 Å². The summed E-state index contributed by atoms with van der Waals surface area (Å²) in [6.45, 7) is 0.270. The van der Waals surface area contributed by atoms with Gasteiger partial charge in [0.05, 0.1) is 13.0 Å². The zero-order valence-electron chi connectivity index (χ0n) is 15.3. The fourth-order valence-electron chi connectivity index (χ4n) is 2.68. The van der Waals surface area contributed by atoms with Gasteiger partial charge in [-0.05, 0) is 35.9 Å². The van der Waals surface area contributed by atoms with E-state index in [1.165, 1.54) is 0 Å². The van der Waals surface area contributed by atoms with E-state index in [1.54, 1.807) is 24.3 Å². The Morgan fingerprint density at radius 1 is 0.893 bits per heavy atom. The average molecular weight is 372 g/mol. The third-order valence-corrected chi connectivity index (χ3v) is 4.00. The molecule has 3 aromatic rings. The van der Waals surface area contributed by atoms with Gasteiger partial charge in [0.15, 0.2) is 6.61 Å². The minimum absolute atomic E-state index is 0.00645. The standard InChI is InChI=1S/C23H20N2O3/c24-15-17-27-20-12-10-19(11-13-20)25-23(26)14-16-28-22-9-5-4-8-21(22)18-6-2-1-3-7-18/h1-13H,14,16-17H2,(H,25,26). The molecular weight excluding hydrogens is 352 g/mol. The summed E-state index contributed by atoms with van der Waals surface area (Å²) in [6.07, 6.45) is 0.232. The summed E-state index contributed by atoms with van der Waals surface area (Å²) < 4.78 is 11.0. The lowest BCUT2D eigenvalue weighted by Gasteiger charge is -2.12. The molecule has 0 heterocycles. The normalized spacial score (nSPS) is 9.96. The summed E-state index contributed by atoms with van der Waals surface area (Å²) in [6, 6.07) is 26.6. The molecule has 0 aliphatic heterocycles. The molecule has 28 heavy (non-hydrogen) atoms. The van der Waals surface area contributed by atoms with Crippen LogP contribution in [0.25, 0.3) is 11.1 Å². The Labute approximate surface area is 164 Å². The van der Waals surface area contributed by atoms with Gasteiger partial charge in [0.2, 0.25) is 5.91 Å². The van der Waals surface area contributed by atoms with Gasteiger partial charge >= 0.3 is 0 Å². The number of benzene rings is 3. The highest BCUT2D eigenvalue weighted by molar-refractivity contribution is 5.90. The highest BCUT2D eigenvalue weighted by Crippen LogP contribution is 2.29. The van der Waals surface area contributed by atoms with Crippen LogP contribution in [0.2, 0.25) is 0 Å². The number of nitriles is 1. The van der Waals surface area contributed by atoms with E-state index in [9.17, 15) is 4.79 Å². The molecule has 0 aliphatic rings. The highest BCUT2D eigenvalue weighted by Gasteiger charge is 2.07. The lowest BCUT2D eigenvalue weighted by Crippen LogP contribution is -2.15. The van der Waals surface area contributed by atoms with Crippen molar-refractivity contribution in [1.82, 2.24) is 0 Å². The van der Waals surface area contributed by atoms with Gasteiger partial charge in [-0.2, -0.15) is 5.26 Å². The Morgan fingerprint density at radius 2 is 1.61 bits per heavy atom. The van der Waals surface area contributed by atoms with E-state index < -0.39 is 0 Å². The molecule has 0 bridgehead atoms. The molecule has 0 aliphatic carbocycles. The maximum atomic E-state index is 12.1. The largest absolute Gasteiger partial charge is 0.492 e. The number of ether oxygens (including phenoxy) is 2. The average Bonchev–Trinajstić information content (AvgIpc) is 2.74. The van der Waals surface area contributed by atoms with Crippen molar-refractivity contribution in [3.8, 4) is 28.7 Å². The Bertz CT molecular complexity index is 948. The molecular formula is C23H20N2O3. The SMILES string of the molecule is N#CCOc1ccc(NC(=O)CCOc2ccccc2-c2ccccc2)cc1. The Balaban J connectivity index is 1.52. The van der Waals surface area contributed by atoms with Gasteiger partial charge in [-0.3, -0.25) is 4.79 Å². The van der Waals surface area contributed by atoms with E-state index >= 15 is 0 Å². The summed E-state index contributed by atoms with van der Waals surface area (Å²) in [4.78, 5) is 12.1. The fraction of sp³-hybridized carbons (Fsp3) is 0.130. The van der Waals surface area contributed by atoms with E-state index in [1.807, 2.05) is 60.7 Å². The van der Waals surface area contributed by atoms with Crippen LogP contribution < -0.4 is 14.8 Å². The molecule has 0 spiro atoms. The first kappa shape index (κ1) is 19.0. The number of hydrogen-bond donors (Lipinski definition) is 1. The number of carbonyl (C=O) groups excluding carboxylic acids is 1. The Morgan fingerprint density at radius 3 is 2.36 bits per heavy atom. The van der Waals surface area contributed by atoms with Crippen molar-refractivity contribution in [2.24, 2.45) is 0 Å². The molecule has 0 unspecified atom stereocenters. The van der Waals surface area contributed by atoms with Crippen molar-refractivity contribution in [2.45, 2.75) is 6.42 Å². The van der Waals surface area contributed by atoms with Crippen LogP contribution in [-0.2, 0) is 4.79 Å². The van der Waals surface area contributed by atoms with E-state index in [0.29, 0.717) is 11.4 Å². The number of anilines is 1. The summed E-state index contributed by atoms with van der Waals surface area (Å²) >= 11 is 0. The highest BCUT2D eigenvalue weighted by atomic mass is 16.5. The number of hydrogen-bond acceptors (Lipinski definition) is 4. The van der Waals surface area contributed by atoms with Gasteiger partial charge in [0.1, 0.15) is 17.6 Å². The smallest absolute Gasteiger partial charge is 0.227 e. The number of para-hydroxylation sites is 1. The van der Waals surface area contributed by atoms with Crippen molar-refractivity contribution in [3.63, 3.8) is 0 Å². The van der Waals surface area contributed by atoms with Crippen LogP contribution in [0.5, 0.6) is 11.5 Å². The van der Waals surface area contributed by atoms with E-state index in [0.717, 1.165) is 16.9 Å². The van der Waals surface area contributed by atoms with E-state index in [-0.39, 0.29) is 25.5 Å². The lowest BCUT2D eigenvalue weighted by molar-refractivity contribution is -0.116. The minimum Gasteiger partial charge on any atom is -0.492 e. The van der Waals surface area contributed by atoms with Crippen LogP contribution in [0.1, 0.15) is 6.42 Å². The molecule has 140 valence electrons. The summed E-state index contributed by atoms with van der Waals surface area (Å²) in [5.41, 5.74) is 2.73. The summed E-state index contributed by atoms with van der Waals surface area (Å²) in [7, 11) is 0. The van der Waals surface area contributed by atoms with Gasteiger partial charge in [-0.1, -0.05) is 48.5 Å². The van der Waals surface area contributed by atoms with Crippen molar-refractivity contribution < 1.29 is 14.3 Å². The maximum absolute atomic E-state index is 12.1. The zero-order chi connectivity index (χ0) is 19.6. The van der Waals surface area contributed by atoms with Gasteiger partial charge < -0.3 is 14.8 Å². The second kappa shape index (κ2) is 9.79. The van der Waals surface area contributed by atoms with E-state index in [4.69, 9.17) is 14.7 Å². The molecule has 5 heteroatoms. The van der Waals surface area contributed by atoms with Gasteiger partial charge in [0.25, 0.3) is 0 Å². The molecule has 0 saturated carbocycles. The van der Waals surface area contributed by atoms with Gasteiger partial charge in [-0.15, -0.1) is 0 Å². The van der Waals surface area contributed by atoms with Crippen molar-refractivity contribution >= 4 is 11.6 Å². The topological polar surface area (TPSA) is 71.3 Å². The fourth-order valence-corrected chi connectivity index (χ4v) is 2.68. The number of nitrogens with zero attached hydrogens (tertiary/aromatic N) is 1. The van der Waals surface area contributed by atoms with Crippen LogP contribution >= 0.6 is 0 Å². The number of carbonyl (C=O) groups is 1. The van der Waals surface area contributed by atoms with Gasteiger partial charge in [0, 0.05) is 11.3 Å². The molecule has 3 aromatic carbocycles. The first-order chi connectivity index (χ1) is 13.8. The van der Waals surface area contributed by atoms with Crippen LogP contribution in [0.4, 0.5) is 5.69 Å². The van der Waals surface area contributed by atoms with Gasteiger partial charge in [-0.25, -0.2) is 0 Å². The minimum atomic E-state index is -0.136. The third-order valence-electron chi connectivity index (χ3n) is 4.00. The molecule has 0 atom stereocenters. The predicted octanol–water partition coefficient (Wildman–Crippen LogP) is 4.66. The molecule has 0 saturated heterocycles. The van der Waals surface area contributed by atoms with Crippen molar-refractivity contribution in [3.05, 3.63) is 78.9 Å². The van der Waals surface area contributed by atoms with E-state index in [2.05, 4.69) is 5.32 Å². The Hall–Kier alpha value is -3.78. The third kappa shape index (κ3) is 5.36. The molecule has 3 rings (SSSR count). The van der Waals surface area contributed by atoms with Crippen LogP contribution in [0.15, 0.2) is 78.9 Å². The molecule has 1 N–H and O–H groups in total. The molecule has 0 aromatic heterocycles. The first-order valence-electron chi connectivity index (χ1n) is 8.93. The summed E-state index contributed by atoms with van der Waals surface area (Å²) in [5.74, 6) is 1.20. The maximum Gasteiger partial charge on any atom is 0.227 e. The Kier molecular flexibility index (Phi) is 6.64. The van der Waals surface area contributed by atoms with Crippen LogP contribution in [0, 0.1) is 11.3 Å². The number of nitrogens with one attached hydrogen (secondary N) is 1. The number of amides is 1. The molecule has 5 nitrogen and oxygen atoms in total. The molecule has 1 amide bonds. The lowest BCUT2D eigenvalue weighted by atomic mass is 10.1. The number of rotatable bonds is 8. The predicted molar refractivity (Wildman–Crippen MR) is 108 cm³/mol. The second-order valence-corrected chi connectivity index (χ2v) is 5.98. The van der Waals surface area contributed by atoms with Crippen LogP contribution in [-0.4, -0.2) is 19.1 Å². The van der Waals surface area contributed by atoms with Crippen LogP contribution in [0.3, 0.4) is 0 Å². The summed E-state index contributed by atoms with van der Waals surface area (Å²) in [5, 5.41) is 11.3. The first-order valence-corrected chi connectivity index (χ1v) is 8.93. The molecule has 0 radical (unpaired) electrons. The van der Waals surface area contributed by atoms with Crippen molar-refractivity contribution in [1.29, 1.82) is 5.26 Å². The zero-order valence-corrected chi connectivity index (χ0v) is 15.3. The second-order valence-electron chi connectivity index (χ2n) is 5.98.